The predicted molar refractivity (Wildman–Crippen MR) is 80.7 cm³/mol. The fourth-order valence-electron chi connectivity index (χ4n) is 2.37. The first-order chi connectivity index (χ1) is 9.34. The molecular weight excluding hydrogens is 258 g/mol. The molecule has 1 aromatic rings. The van der Waals surface area contributed by atoms with Crippen LogP contribution in [0.1, 0.15) is 0 Å². The Kier molecular flexibility index (Phi) is 3.59. The summed E-state index contributed by atoms with van der Waals surface area (Å²) in [5.41, 5.74) is 0. The van der Waals surface area contributed by atoms with Crippen molar-refractivity contribution >= 4 is 29.5 Å². The molecule has 1 saturated heterocycles. The summed E-state index contributed by atoms with van der Waals surface area (Å²) in [6, 6.07) is 6.03. The van der Waals surface area contributed by atoms with Crippen molar-refractivity contribution in [1.82, 2.24) is 14.8 Å². The molecule has 3 rings (SSSR count). The third-order valence-corrected chi connectivity index (χ3v) is 3.95. The van der Waals surface area contributed by atoms with Gasteiger partial charge in [-0.05, 0) is 24.4 Å². The van der Waals surface area contributed by atoms with E-state index in [0.717, 1.165) is 50.2 Å². The average Bonchev–Trinajstić information content (AvgIpc) is 3.02. The van der Waals surface area contributed by atoms with E-state index in [1.54, 1.807) is 0 Å². The van der Waals surface area contributed by atoms with E-state index in [2.05, 4.69) is 30.7 Å². The van der Waals surface area contributed by atoms with Gasteiger partial charge in [-0.1, -0.05) is 6.07 Å². The topological polar surface area (TPSA) is 35.0 Å². The molecule has 0 N–H and O–H groups in total. The maximum atomic E-state index is 5.52. The fourth-order valence-corrected chi connectivity index (χ4v) is 2.69. The summed E-state index contributed by atoms with van der Waals surface area (Å²) < 4.78 is 0. The first-order valence-electron chi connectivity index (χ1n) is 6.56. The summed E-state index contributed by atoms with van der Waals surface area (Å²) in [5.74, 6) is 1.05. The van der Waals surface area contributed by atoms with Crippen molar-refractivity contribution < 1.29 is 0 Å². The summed E-state index contributed by atoms with van der Waals surface area (Å²) in [6.07, 6.45) is 3.69. The zero-order valence-electron chi connectivity index (χ0n) is 10.8. The highest BCUT2D eigenvalue weighted by atomic mass is 32.1. The molecule has 2 aliphatic rings. The Bertz CT molecular complexity index is 467. The summed E-state index contributed by atoms with van der Waals surface area (Å²) in [7, 11) is 0. The van der Waals surface area contributed by atoms with E-state index in [9.17, 15) is 0 Å². The quantitative estimate of drug-likeness (QED) is 0.710. The Morgan fingerprint density at radius 2 is 1.95 bits per heavy atom. The normalized spacial score (nSPS) is 19.1. The number of hydrogen-bond acceptors (Lipinski definition) is 4. The Morgan fingerprint density at radius 3 is 2.58 bits per heavy atom. The minimum absolute atomic E-state index is 0.855. The largest absolute Gasteiger partial charge is 0.353 e. The third-order valence-electron chi connectivity index (χ3n) is 3.46. The maximum Gasteiger partial charge on any atom is 0.176 e. The Labute approximate surface area is 118 Å². The third kappa shape index (κ3) is 2.68. The van der Waals surface area contributed by atoms with Gasteiger partial charge in [-0.3, -0.25) is 4.99 Å². The summed E-state index contributed by atoms with van der Waals surface area (Å²) in [6.45, 7) is 5.58. The van der Waals surface area contributed by atoms with E-state index in [1.165, 1.54) is 0 Å². The first kappa shape index (κ1) is 12.3. The van der Waals surface area contributed by atoms with Crippen molar-refractivity contribution in [3.63, 3.8) is 0 Å². The molecule has 0 atom stereocenters. The van der Waals surface area contributed by atoms with Crippen LogP contribution in [-0.4, -0.2) is 65.5 Å². The highest BCUT2D eigenvalue weighted by Gasteiger charge is 2.23. The molecule has 2 aliphatic heterocycles. The highest BCUT2D eigenvalue weighted by Crippen LogP contribution is 2.13. The number of piperazine rings is 1. The Balaban J connectivity index is 1.57. The Hall–Kier alpha value is -1.69. The summed E-state index contributed by atoms with van der Waals surface area (Å²) in [4.78, 5) is 15.2. The standard InChI is InChI=1S/C13H17N5S/c19-13(18-6-5-14-11-18)17-9-7-16(8-10-17)12-3-1-2-4-15-12/h1-4,11H,5-10H2. The van der Waals surface area contributed by atoms with Crippen LogP contribution in [0.2, 0.25) is 0 Å². The van der Waals surface area contributed by atoms with Gasteiger partial charge in [0.05, 0.1) is 12.9 Å². The molecular formula is C13H17N5S. The van der Waals surface area contributed by atoms with E-state index in [0.29, 0.717) is 0 Å². The number of pyridine rings is 1. The number of hydrogen-bond donors (Lipinski definition) is 0. The van der Waals surface area contributed by atoms with Crippen molar-refractivity contribution in [2.45, 2.75) is 0 Å². The second-order valence-electron chi connectivity index (χ2n) is 4.66. The molecule has 0 aromatic carbocycles. The molecule has 100 valence electrons. The average molecular weight is 275 g/mol. The lowest BCUT2D eigenvalue weighted by Gasteiger charge is -2.38. The molecule has 0 saturated carbocycles. The van der Waals surface area contributed by atoms with Gasteiger partial charge in [0.2, 0.25) is 0 Å². The van der Waals surface area contributed by atoms with Crippen LogP contribution in [0, 0.1) is 0 Å². The summed E-state index contributed by atoms with van der Waals surface area (Å²) in [5, 5.41) is 0.905. The van der Waals surface area contributed by atoms with Crippen LogP contribution in [0.3, 0.4) is 0 Å². The lowest BCUT2D eigenvalue weighted by molar-refractivity contribution is 0.361. The van der Waals surface area contributed by atoms with Gasteiger partial charge < -0.3 is 14.7 Å². The van der Waals surface area contributed by atoms with Gasteiger partial charge in [-0.15, -0.1) is 0 Å². The van der Waals surface area contributed by atoms with Crippen molar-refractivity contribution in [3.05, 3.63) is 24.4 Å². The molecule has 19 heavy (non-hydrogen) atoms. The predicted octanol–water partition coefficient (Wildman–Crippen LogP) is 0.832. The highest BCUT2D eigenvalue weighted by molar-refractivity contribution is 7.80. The zero-order chi connectivity index (χ0) is 13.1. The molecule has 1 fully saturated rings. The number of rotatable bonds is 1. The molecule has 0 amide bonds. The molecule has 1 aromatic heterocycles. The van der Waals surface area contributed by atoms with Crippen LogP contribution in [0.15, 0.2) is 29.4 Å². The van der Waals surface area contributed by atoms with Crippen LogP contribution in [-0.2, 0) is 0 Å². The number of nitrogens with zero attached hydrogens (tertiary/aromatic N) is 5. The molecule has 3 heterocycles. The first-order valence-corrected chi connectivity index (χ1v) is 6.97. The van der Waals surface area contributed by atoms with Gasteiger partial charge in [0.15, 0.2) is 5.11 Å². The van der Waals surface area contributed by atoms with Crippen molar-refractivity contribution in [3.8, 4) is 0 Å². The second kappa shape index (κ2) is 5.52. The molecule has 0 radical (unpaired) electrons. The number of thiocarbonyl (C=S) groups is 1. The van der Waals surface area contributed by atoms with Crippen LogP contribution in [0.5, 0.6) is 0 Å². The van der Waals surface area contributed by atoms with Gasteiger partial charge in [-0.25, -0.2) is 4.98 Å². The minimum Gasteiger partial charge on any atom is -0.353 e. The maximum absolute atomic E-state index is 5.52. The van der Waals surface area contributed by atoms with Gasteiger partial charge >= 0.3 is 0 Å². The molecule has 5 nitrogen and oxygen atoms in total. The lowest BCUT2D eigenvalue weighted by Crippen LogP contribution is -2.52. The number of aliphatic imine (C=N–C) groups is 1. The van der Waals surface area contributed by atoms with Crippen LogP contribution >= 0.6 is 12.2 Å². The monoisotopic (exact) mass is 275 g/mol. The van der Waals surface area contributed by atoms with Crippen LogP contribution in [0.25, 0.3) is 0 Å². The van der Waals surface area contributed by atoms with Gasteiger partial charge in [0.25, 0.3) is 0 Å². The van der Waals surface area contributed by atoms with Gasteiger partial charge in [0, 0.05) is 38.9 Å². The van der Waals surface area contributed by atoms with Crippen molar-refractivity contribution in [2.75, 3.05) is 44.2 Å². The van der Waals surface area contributed by atoms with E-state index in [1.807, 2.05) is 24.7 Å². The number of anilines is 1. The van der Waals surface area contributed by atoms with E-state index < -0.39 is 0 Å². The van der Waals surface area contributed by atoms with E-state index >= 15 is 0 Å². The lowest BCUT2D eigenvalue weighted by atomic mass is 10.3. The molecule has 6 heteroatoms. The fraction of sp³-hybridized carbons (Fsp3) is 0.462. The van der Waals surface area contributed by atoms with E-state index in [-0.39, 0.29) is 0 Å². The van der Waals surface area contributed by atoms with Crippen molar-refractivity contribution in [2.24, 2.45) is 4.99 Å². The van der Waals surface area contributed by atoms with E-state index in [4.69, 9.17) is 12.2 Å². The minimum atomic E-state index is 0.855. The molecule has 0 spiro atoms. The summed E-state index contributed by atoms with van der Waals surface area (Å²) >= 11 is 5.52. The Morgan fingerprint density at radius 1 is 1.11 bits per heavy atom. The van der Waals surface area contributed by atoms with Crippen molar-refractivity contribution in [1.29, 1.82) is 0 Å². The molecule has 0 unspecified atom stereocenters. The SMILES string of the molecule is S=C(N1C=NCC1)N1CCN(c2ccccn2)CC1. The van der Waals surface area contributed by atoms with Gasteiger partial charge in [-0.2, -0.15) is 0 Å². The zero-order valence-corrected chi connectivity index (χ0v) is 11.6. The smallest absolute Gasteiger partial charge is 0.176 e. The molecule has 0 aliphatic carbocycles. The van der Waals surface area contributed by atoms with Gasteiger partial charge in [0.1, 0.15) is 5.82 Å². The van der Waals surface area contributed by atoms with Crippen LogP contribution < -0.4 is 4.90 Å². The number of aromatic nitrogens is 1. The molecule has 0 bridgehead atoms. The van der Waals surface area contributed by atoms with Crippen LogP contribution in [0.4, 0.5) is 5.82 Å². The second-order valence-corrected chi connectivity index (χ2v) is 5.02.